The van der Waals surface area contributed by atoms with Crippen LogP contribution in [0, 0.1) is 0 Å². The lowest BCUT2D eigenvalue weighted by molar-refractivity contribution is 0.521. The summed E-state index contributed by atoms with van der Waals surface area (Å²) in [4.78, 5) is 13.5. The van der Waals surface area contributed by atoms with Crippen LogP contribution < -0.4 is 9.80 Å². The summed E-state index contributed by atoms with van der Waals surface area (Å²) in [7, 11) is 0. The Balaban J connectivity index is 1.60. The molecule has 4 heteroatoms. The van der Waals surface area contributed by atoms with Gasteiger partial charge in [0.05, 0.1) is 0 Å². The molecular formula is C18H22N4. The van der Waals surface area contributed by atoms with Crippen molar-refractivity contribution in [3.8, 4) is 0 Å². The van der Waals surface area contributed by atoms with Crippen LogP contribution in [0.5, 0.6) is 0 Å². The van der Waals surface area contributed by atoms with Crippen molar-refractivity contribution in [2.24, 2.45) is 0 Å². The second kappa shape index (κ2) is 5.95. The summed E-state index contributed by atoms with van der Waals surface area (Å²) in [5.74, 6) is 0. The first-order chi connectivity index (χ1) is 10.9. The van der Waals surface area contributed by atoms with Crippen molar-refractivity contribution in [1.82, 2.24) is 9.97 Å². The summed E-state index contributed by atoms with van der Waals surface area (Å²) < 4.78 is 0. The molecule has 0 bridgehead atoms. The van der Waals surface area contributed by atoms with E-state index in [0.29, 0.717) is 12.1 Å². The molecule has 114 valence electrons. The first kappa shape index (κ1) is 13.6. The molecular weight excluding hydrogens is 272 g/mol. The minimum Gasteiger partial charge on any atom is -0.366 e. The van der Waals surface area contributed by atoms with Gasteiger partial charge >= 0.3 is 0 Å². The highest BCUT2D eigenvalue weighted by Crippen LogP contribution is 2.35. The van der Waals surface area contributed by atoms with Crippen molar-refractivity contribution in [3.63, 3.8) is 0 Å². The highest BCUT2D eigenvalue weighted by molar-refractivity contribution is 5.51. The maximum Gasteiger partial charge on any atom is 0.0494 e. The van der Waals surface area contributed by atoms with Crippen LogP contribution in [0.15, 0.2) is 49.1 Å². The highest BCUT2D eigenvalue weighted by Gasteiger charge is 2.37. The quantitative estimate of drug-likeness (QED) is 0.870. The minimum atomic E-state index is 0.609. The lowest BCUT2D eigenvalue weighted by Gasteiger charge is -2.37. The van der Waals surface area contributed by atoms with Gasteiger partial charge in [-0.3, -0.25) is 9.97 Å². The van der Waals surface area contributed by atoms with Crippen molar-refractivity contribution < 1.29 is 0 Å². The molecule has 0 aromatic carbocycles. The fraction of sp³-hybridized carbons (Fsp3) is 0.444. The van der Waals surface area contributed by atoms with Gasteiger partial charge < -0.3 is 9.80 Å². The van der Waals surface area contributed by atoms with Crippen molar-refractivity contribution in [1.29, 1.82) is 0 Å². The SMILES string of the molecule is c1cc(N2CCCC2C2CCCN2c2ccncc2)ccn1. The molecule has 2 fully saturated rings. The Morgan fingerprint density at radius 1 is 0.682 bits per heavy atom. The van der Waals surface area contributed by atoms with Gasteiger partial charge in [-0.1, -0.05) is 0 Å². The van der Waals surface area contributed by atoms with Crippen molar-refractivity contribution in [2.75, 3.05) is 22.9 Å². The van der Waals surface area contributed by atoms with E-state index in [1.807, 2.05) is 24.8 Å². The number of hydrogen-bond donors (Lipinski definition) is 0. The second-order valence-electron chi connectivity index (χ2n) is 6.22. The maximum atomic E-state index is 4.16. The molecule has 4 nitrogen and oxygen atoms in total. The molecule has 0 spiro atoms. The molecule has 4 rings (SSSR count). The Kier molecular flexibility index (Phi) is 3.67. The van der Waals surface area contributed by atoms with Crippen LogP contribution in [0.4, 0.5) is 11.4 Å². The second-order valence-corrected chi connectivity index (χ2v) is 6.22. The summed E-state index contributed by atoms with van der Waals surface area (Å²) >= 11 is 0. The van der Waals surface area contributed by atoms with E-state index in [1.54, 1.807) is 0 Å². The van der Waals surface area contributed by atoms with Crippen LogP contribution in [-0.4, -0.2) is 35.1 Å². The van der Waals surface area contributed by atoms with Gasteiger partial charge in [-0.2, -0.15) is 0 Å². The van der Waals surface area contributed by atoms with Crippen LogP contribution in [0.3, 0.4) is 0 Å². The standard InChI is InChI=1S/C18H22N4/c1-3-17(21(13-1)15-5-9-19-10-6-15)18-4-2-14-22(18)16-7-11-20-12-8-16/h5-12,17-18H,1-4,13-14H2. The maximum absolute atomic E-state index is 4.16. The number of aromatic nitrogens is 2. The zero-order valence-corrected chi connectivity index (χ0v) is 12.8. The number of anilines is 2. The third kappa shape index (κ3) is 2.43. The summed E-state index contributed by atoms with van der Waals surface area (Å²) in [5.41, 5.74) is 2.64. The summed E-state index contributed by atoms with van der Waals surface area (Å²) in [6, 6.07) is 9.79. The van der Waals surface area contributed by atoms with Crippen LogP contribution in [0.25, 0.3) is 0 Å². The van der Waals surface area contributed by atoms with E-state index in [-0.39, 0.29) is 0 Å². The molecule has 0 radical (unpaired) electrons. The van der Waals surface area contributed by atoms with E-state index in [9.17, 15) is 0 Å². The smallest absolute Gasteiger partial charge is 0.0494 e. The third-order valence-electron chi connectivity index (χ3n) is 5.03. The average Bonchev–Trinajstić information content (AvgIpc) is 3.25. The number of hydrogen-bond acceptors (Lipinski definition) is 4. The molecule has 2 unspecified atom stereocenters. The first-order valence-corrected chi connectivity index (χ1v) is 8.27. The van der Waals surface area contributed by atoms with E-state index in [0.717, 1.165) is 13.1 Å². The lowest BCUT2D eigenvalue weighted by atomic mass is 10.0. The first-order valence-electron chi connectivity index (χ1n) is 8.27. The molecule has 2 aromatic rings. The monoisotopic (exact) mass is 294 g/mol. The van der Waals surface area contributed by atoms with Crippen LogP contribution in [0.1, 0.15) is 25.7 Å². The van der Waals surface area contributed by atoms with E-state index in [4.69, 9.17) is 0 Å². The number of nitrogens with zero attached hydrogens (tertiary/aromatic N) is 4. The lowest BCUT2D eigenvalue weighted by Crippen LogP contribution is -2.46. The van der Waals surface area contributed by atoms with Gasteiger partial charge in [0, 0.05) is 61.3 Å². The fourth-order valence-electron chi connectivity index (χ4n) is 4.10. The molecule has 2 saturated heterocycles. The minimum absolute atomic E-state index is 0.609. The Hall–Kier alpha value is -2.10. The largest absolute Gasteiger partial charge is 0.366 e. The number of pyridine rings is 2. The molecule has 2 aromatic heterocycles. The number of rotatable bonds is 3. The van der Waals surface area contributed by atoms with Crippen LogP contribution in [0.2, 0.25) is 0 Å². The third-order valence-corrected chi connectivity index (χ3v) is 5.03. The van der Waals surface area contributed by atoms with Crippen LogP contribution >= 0.6 is 0 Å². The summed E-state index contributed by atoms with van der Waals surface area (Å²) in [6.45, 7) is 2.32. The van der Waals surface area contributed by atoms with E-state index in [2.05, 4.69) is 44.0 Å². The molecule has 2 aliphatic rings. The molecule has 2 aliphatic heterocycles. The normalized spacial score (nSPS) is 24.9. The summed E-state index contributed by atoms with van der Waals surface area (Å²) in [6.07, 6.45) is 12.8. The molecule has 4 heterocycles. The molecule has 0 aliphatic carbocycles. The molecule has 0 N–H and O–H groups in total. The Bertz CT molecular complexity index is 545. The highest BCUT2D eigenvalue weighted by atomic mass is 15.3. The zero-order valence-electron chi connectivity index (χ0n) is 12.8. The Morgan fingerprint density at radius 3 is 1.50 bits per heavy atom. The molecule has 0 saturated carbocycles. The van der Waals surface area contributed by atoms with Gasteiger partial charge in [-0.25, -0.2) is 0 Å². The van der Waals surface area contributed by atoms with Gasteiger partial charge in [-0.15, -0.1) is 0 Å². The molecule has 0 amide bonds. The van der Waals surface area contributed by atoms with Crippen molar-refractivity contribution in [2.45, 2.75) is 37.8 Å². The predicted molar refractivity (Wildman–Crippen MR) is 89.2 cm³/mol. The van der Waals surface area contributed by atoms with Gasteiger partial charge in [0.2, 0.25) is 0 Å². The van der Waals surface area contributed by atoms with Gasteiger partial charge in [-0.05, 0) is 49.9 Å². The van der Waals surface area contributed by atoms with Gasteiger partial charge in [0.25, 0.3) is 0 Å². The van der Waals surface area contributed by atoms with Crippen LogP contribution in [-0.2, 0) is 0 Å². The summed E-state index contributed by atoms with van der Waals surface area (Å²) in [5, 5.41) is 0. The molecule has 2 atom stereocenters. The zero-order chi connectivity index (χ0) is 14.8. The Morgan fingerprint density at radius 2 is 1.09 bits per heavy atom. The topological polar surface area (TPSA) is 32.3 Å². The van der Waals surface area contributed by atoms with Crippen molar-refractivity contribution in [3.05, 3.63) is 49.1 Å². The van der Waals surface area contributed by atoms with Crippen molar-refractivity contribution >= 4 is 11.4 Å². The fourth-order valence-corrected chi connectivity index (χ4v) is 4.10. The van der Waals surface area contributed by atoms with Gasteiger partial charge in [0.15, 0.2) is 0 Å². The van der Waals surface area contributed by atoms with Gasteiger partial charge in [0.1, 0.15) is 0 Å². The van der Waals surface area contributed by atoms with E-state index < -0.39 is 0 Å². The van der Waals surface area contributed by atoms with E-state index in [1.165, 1.54) is 37.1 Å². The van der Waals surface area contributed by atoms with E-state index >= 15 is 0 Å². The predicted octanol–water partition coefficient (Wildman–Crippen LogP) is 3.11. The Labute approximate surface area is 131 Å². The average molecular weight is 294 g/mol. The molecule has 22 heavy (non-hydrogen) atoms.